The van der Waals surface area contributed by atoms with Gasteiger partial charge in [0.05, 0.1) is 19.1 Å². The molecule has 48 heavy (non-hydrogen) atoms. The van der Waals surface area contributed by atoms with Crippen molar-refractivity contribution in [2.75, 3.05) is 18.0 Å². The average molecular weight is 668 g/mol. The van der Waals surface area contributed by atoms with Crippen molar-refractivity contribution in [1.82, 2.24) is 20.9 Å². The minimum Gasteiger partial charge on any atom is -0.439 e. The Hall–Kier alpha value is -3.67. The third kappa shape index (κ3) is 8.48. The van der Waals surface area contributed by atoms with E-state index in [4.69, 9.17) is 4.74 Å². The van der Waals surface area contributed by atoms with Crippen LogP contribution in [0.15, 0.2) is 30.3 Å². The molecule has 0 bridgehead atoms. The molecular weight excluding hydrogens is 614 g/mol. The number of likely N-dealkylation sites (tertiary alicyclic amines) is 1. The molecule has 12 heteroatoms. The summed E-state index contributed by atoms with van der Waals surface area (Å²) >= 11 is 0. The van der Waals surface area contributed by atoms with Crippen LogP contribution in [0.4, 0.5) is 10.5 Å². The van der Waals surface area contributed by atoms with Crippen LogP contribution in [0.5, 0.6) is 0 Å². The predicted molar refractivity (Wildman–Crippen MR) is 180 cm³/mol. The molecule has 1 aromatic carbocycles. The smallest absolute Gasteiger partial charge is 0.415 e. The van der Waals surface area contributed by atoms with Crippen molar-refractivity contribution in [3.05, 3.63) is 30.3 Å². The Morgan fingerprint density at radius 3 is 2.31 bits per heavy atom. The van der Waals surface area contributed by atoms with Gasteiger partial charge in [-0.15, -0.1) is 0 Å². The van der Waals surface area contributed by atoms with Gasteiger partial charge in [0.25, 0.3) is 5.91 Å². The van der Waals surface area contributed by atoms with Gasteiger partial charge in [0.2, 0.25) is 17.7 Å². The summed E-state index contributed by atoms with van der Waals surface area (Å²) in [5.74, 6) is -1.44. The number of amides is 5. The van der Waals surface area contributed by atoms with Crippen LogP contribution in [-0.4, -0.2) is 88.7 Å². The topological polar surface area (TPSA) is 157 Å². The molecule has 0 radical (unpaired) electrons. The van der Waals surface area contributed by atoms with Crippen molar-refractivity contribution in [2.45, 2.75) is 134 Å². The first-order chi connectivity index (χ1) is 22.8. The Bertz CT molecular complexity index is 1340. The zero-order chi connectivity index (χ0) is 34.6. The fourth-order valence-corrected chi connectivity index (χ4v) is 7.32. The van der Waals surface area contributed by atoms with Crippen LogP contribution in [-0.2, 0) is 23.9 Å². The maximum Gasteiger partial charge on any atom is 0.415 e. The second-order valence-electron chi connectivity index (χ2n) is 15.4. The standard InChI is InChI=1S/C36H53N5O7/c1-5-12-26(29(43)32(45)37-24-17-18-24)38-31(44)27-20-36(21-40(34(47)48-36)25-15-10-7-11-16-25)22-41(27)33(46)30(35(2,3)4)39-28(42)19-23-13-8-6-9-14-23/h7,10-11,15-16,23-24,26-27,29-30,43H,5-6,8-9,12-14,17-22H2,1-4H3,(H,37,45)(H,38,44)(H,39,42)/t26-,27-,29?,30+,36-/m0/s1. The maximum atomic E-state index is 14.6. The summed E-state index contributed by atoms with van der Waals surface area (Å²) in [7, 11) is 0. The molecule has 4 fully saturated rings. The molecule has 1 spiro atoms. The van der Waals surface area contributed by atoms with Crippen molar-refractivity contribution < 1.29 is 33.8 Å². The molecule has 4 aliphatic rings. The van der Waals surface area contributed by atoms with E-state index < -0.39 is 59.1 Å². The van der Waals surface area contributed by atoms with Crippen molar-refractivity contribution in [1.29, 1.82) is 0 Å². The number of carbonyl (C=O) groups is 5. The Morgan fingerprint density at radius 1 is 1.00 bits per heavy atom. The quantitative estimate of drug-likeness (QED) is 0.266. The molecule has 2 saturated heterocycles. The van der Waals surface area contributed by atoms with Gasteiger partial charge in [0.15, 0.2) is 11.7 Å². The highest BCUT2D eigenvalue weighted by atomic mass is 16.6. The fourth-order valence-electron chi connectivity index (χ4n) is 7.32. The van der Waals surface area contributed by atoms with Crippen LogP contribution in [0.2, 0.25) is 0 Å². The second-order valence-corrected chi connectivity index (χ2v) is 15.4. The van der Waals surface area contributed by atoms with E-state index in [9.17, 15) is 29.1 Å². The average Bonchev–Trinajstić information content (AvgIpc) is 3.70. The molecule has 0 aromatic heterocycles. The van der Waals surface area contributed by atoms with Crippen LogP contribution >= 0.6 is 0 Å². The van der Waals surface area contributed by atoms with E-state index in [0.717, 1.165) is 38.5 Å². The fraction of sp³-hybridized carbons (Fsp3) is 0.694. The molecule has 5 rings (SSSR count). The van der Waals surface area contributed by atoms with Crippen LogP contribution in [0, 0.1) is 11.3 Å². The molecule has 2 saturated carbocycles. The molecule has 12 nitrogen and oxygen atoms in total. The number of ether oxygens (including phenoxy) is 1. The summed E-state index contributed by atoms with van der Waals surface area (Å²) in [6, 6.07) is 6.22. The predicted octanol–water partition coefficient (Wildman–Crippen LogP) is 3.41. The number of nitrogens with zero attached hydrogens (tertiary/aromatic N) is 2. The van der Waals surface area contributed by atoms with E-state index in [1.54, 1.807) is 12.1 Å². The van der Waals surface area contributed by atoms with Gasteiger partial charge in [-0.05, 0) is 55.6 Å². The molecule has 2 aliphatic carbocycles. The van der Waals surface area contributed by atoms with Crippen molar-refractivity contribution in [2.24, 2.45) is 11.3 Å². The van der Waals surface area contributed by atoms with Gasteiger partial charge < -0.3 is 30.7 Å². The van der Waals surface area contributed by atoms with E-state index >= 15 is 0 Å². The lowest BCUT2D eigenvalue weighted by atomic mass is 9.84. The largest absolute Gasteiger partial charge is 0.439 e. The zero-order valence-electron chi connectivity index (χ0n) is 28.8. The lowest BCUT2D eigenvalue weighted by Crippen LogP contribution is -2.59. The minimum atomic E-state index is -1.46. The summed E-state index contributed by atoms with van der Waals surface area (Å²) in [5, 5.41) is 19.6. The molecule has 1 unspecified atom stereocenters. The van der Waals surface area contributed by atoms with Crippen LogP contribution in [0.3, 0.4) is 0 Å². The van der Waals surface area contributed by atoms with Crippen molar-refractivity contribution in [3.8, 4) is 0 Å². The molecule has 2 aliphatic heterocycles. The molecule has 5 amide bonds. The molecular formula is C36H53N5O7. The second kappa shape index (κ2) is 14.8. The zero-order valence-corrected chi connectivity index (χ0v) is 28.8. The number of aliphatic hydroxyl groups is 1. The minimum absolute atomic E-state index is 0.0236. The van der Waals surface area contributed by atoms with Crippen LogP contribution < -0.4 is 20.9 Å². The van der Waals surface area contributed by atoms with E-state index in [-0.39, 0.29) is 37.4 Å². The molecule has 264 valence electrons. The Labute approximate surface area is 283 Å². The number of aliphatic hydroxyl groups excluding tert-OH is 1. The summed E-state index contributed by atoms with van der Waals surface area (Å²) in [6.07, 6.45) is 6.34. The summed E-state index contributed by atoms with van der Waals surface area (Å²) in [6.45, 7) is 7.59. The van der Waals surface area contributed by atoms with Crippen molar-refractivity contribution in [3.63, 3.8) is 0 Å². The Balaban J connectivity index is 1.39. The van der Waals surface area contributed by atoms with E-state index in [0.29, 0.717) is 24.9 Å². The number of hydrogen-bond acceptors (Lipinski definition) is 7. The number of carbonyl (C=O) groups excluding carboxylic acids is 5. The number of rotatable bonds is 12. The third-order valence-electron chi connectivity index (χ3n) is 10.1. The highest BCUT2D eigenvalue weighted by Gasteiger charge is 2.58. The monoisotopic (exact) mass is 667 g/mol. The summed E-state index contributed by atoms with van der Waals surface area (Å²) < 4.78 is 5.99. The lowest BCUT2D eigenvalue weighted by Gasteiger charge is -2.36. The summed E-state index contributed by atoms with van der Waals surface area (Å²) in [5.41, 5.74) is -1.23. The first kappa shape index (κ1) is 35.6. The third-order valence-corrected chi connectivity index (χ3v) is 10.1. The number of hydrogen-bond donors (Lipinski definition) is 4. The van der Waals surface area contributed by atoms with Gasteiger partial charge in [0.1, 0.15) is 12.1 Å². The molecule has 1 aromatic rings. The number of anilines is 1. The lowest BCUT2D eigenvalue weighted by molar-refractivity contribution is -0.145. The first-order valence-electron chi connectivity index (χ1n) is 17.7. The molecule has 4 N–H and O–H groups in total. The van der Waals surface area contributed by atoms with Crippen LogP contribution in [0.25, 0.3) is 0 Å². The van der Waals surface area contributed by atoms with Gasteiger partial charge in [0, 0.05) is 24.6 Å². The van der Waals surface area contributed by atoms with Crippen LogP contribution in [0.1, 0.15) is 98.3 Å². The highest BCUT2D eigenvalue weighted by molar-refractivity contribution is 5.95. The first-order valence-corrected chi connectivity index (χ1v) is 17.7. The number of benzene rings is 1. The van der Waals surface area contributed by atoms with E-state index in [1.165, 1.54) is 16.2 Å². The number of nitrogens with one attached hydrogen (secondary N) is 3. The van der Waals surface area contributed by atoms with E-state index in [2.05, 4.69) is 16.0 Å². The summed E-state index contributed by atoms with van der Waals surface area (Å²) in [4.78, 5) is 70.9. The van der Waals surface area contributed by atoms with Gasteiger partial charge in [-0.1, -0.05) is 71.6 Å². The van der Waals surface area contributed by atoms with Gasteiger partial charge in [-0.25, -0.2) is 4.79 Å². The SMILES string of the molecule is CCC[C@H](NC(=O)[C@@H]1C[C@]2(CN(c3ccccc3)C(=O)O2)CN1C(=O)[C@@H](NC(=O)CC1CCCCC1)C(C)(C)C)C(O)C(=O)NC1CC1. The Morgan fingerprint density at radius 2 is 1.69 bits per heavy atom. The van der Waals surface area contributed by atoms with Gasteiger partial charge in [-0.3, -0.25) is 24.1 Å². The van der Waals surface area contributed by atoms with Crippen molar-refractivity contribution >= 4 is 35.4 Å². The number of para-hydroxylation sites is 1. The molecule has 5 atom stereocenters. The van der Waals surface area contributed by atoms with E-state index in [1.807, 2.05) is 45.9 Å². The van der Waals surface area contributed by atoms with Gasteiger partial charge >= 0.3 is 6.09 Å². The highest BCUT2D eigenvalue weighted by Crippen LogP contribution is 2.39. The Kier molecular flexibility index (Phi) is 11.0. The maximum absolute atomic E-state index is 14.6. The molecule has 2 heterocycles. The normalized spacial score (nSPS) is 24.9. The van der Waals surface area contributed by atoms with Gasteiger partial charge in [-0.2, -0.15) is 0 Å².